The van der Waals surface area contributed by atoms with Crippen molar-refractivity contribution in [3.05, 3.63) is 88.2 Å². The molecule has 4 nitrogen and oxygen atoms in total. The largest absolute Gasteiger partial charge is 0.508 e. The lowest BCUT2D eigenvalue weighted by molar-refractivity contribution is 0.235. The van der Waals surface area contributed by atoms with Crippen molar-refractivity contribution in [3.8, 4) is 17.2 Å². The zero-order valence-electron chi connectivity index (χ0n) is 19.2. The van der Waals surface area contributed by atoms with Crippen LogP contribution in [0.3, 0.4) is 0 Å². The van der Waals surface area contributed by atoms with E-state index in [0.717, 1.165) is 19.6 Å². The minimum atomic E-state index is -2.21. The summed E-state index contributed by atoms with van der Waals surface area (Å²) in [6.45, 7) is 3.07. The average Bonchev–Trinajstić information content (AvgIpc) is 3.40. The van der Waals surface area contributed by atoms with Gasteiger partial charge in [0.05, 0.1) is 6.61 Å². The van der Waals surface area contributed by atoms with Crippen molar-refractivity contribution < 1.29 is 36.5 Å². The van der Waals surface area contributed by atoms with E-state index < -0.39 is 46.5 Å². The van der Waals surface area contributed by atoms with E-state index in [1.807, 2.05) is 0 Å². The van der Waals surface area contributed by atoms with Crippen LogP contribution in [-0.2, 0) is 0 Å². The Morgan fingerprint density at radius 3 is 2.17 bits per heavy atom. The molecule has 1 saturated heterocycles. The molecule has 36 heavy (non-hydrogen) atoms. The summed E-state index contributed by atoms with van der Waals surface area (Å²) < 4.78 is 82.9. The van der Waals surface area contributed by atoms with Gasteiger partial charge in [-0.1, -0.05) is 18.2 Å². The Morgan fingerprint density at radius 1 is 0.861 bits per heavy atom. The molecule has 9 heteroatoms. The normalized spacial score (nSPS) is 19.7. The van der Waals surface area contributed by atoms with Crippen LogP contribution >= 0.6 is 0 Å². The highest BCUT2D eigenvalue weighted by Gasteiger charge is 2.39. The van der Waals surface area contributed by atoms with E-state index in [2.05, 4.69) is 4.90 Å². The molecule has 190 valence electrons. The van der Waals surface area contributed by atoms with E-state index in [1.54, 1.807) is 24.3 Å². The van der Waals surface area contributed by atoms with Crippen molar-refractivity contribution in [2.75, 3.05) is 32.8 Å². The molecule has 0 radical (unpaired) electrons. The third-order valence-electron chi connectivity index (χ3n) is 6.88. The summed E-state index contributed by atoms with van der Waals surface area (Å²) in [5, 5.41) is 9.86. The lowest BCUT2D eigenvalue weighted by Gasteiger charge is -2.35. The predicted octanol–water partition coefficient (Wildman–Crippen LogP) is 5.87. The van der Waals surface area contributed by atoms with Gasteiger partial charge in [-0.25, -0.2) is 22.0 Å². The van der Waals surface area contributed by atoms with E-state index >= 15 is 0 Å². The minimum Gasteiger partial charge on any atom is -0.508 e. The maximum absolute atomic E-state index is 14.8. The highest BCUT2D eigenvalue weighted by molar-refractivity contribution is 5.51. The second-order valence-electron chi connectivity index (χ2n) is 9.07. The van der Waals surface area contributed by atoms with Gasteiger partial charge in [0.15, 0.2) is 23.3 Å². The number of likely N-dealkylation sites (tertiary alicyclic amines) is 1. The van der Waals surface area contributed by atoms with Crippen LogP contribution in [-0.4, -0.2) is 42.9 Å². The van der Waals surface area contributed by atoms with E-state index in [1.165, 1.54) is 31.0 Å². The maximum Gasteiger partial charge on any atom is 0.200 e. The summed E-state index contributed by atoms with van der Waals surface area (Å²) in [6, 6.07) is 11.1. The molecule has 5 rings (SSSR count). The first kappa shape index (κ1) is 24.4. The second kappa shape index (κ2) is 9.97. The molecule has 0 unspecified atom stereocenters. The van der Waals surface area contributed by atoms with Gasteiger partial charge in [-0.15, -0.1) is 0 Å². The molecular formula is C27H24F5NO3. The fourth-order valence-corrected chi connectivity index (χ4v) is 5.08. The van der Waals surface area contributed by atoms with Crippen LogP contribution < -0.4 is 9.47 Å². The van der Waals surface area contributed by atoms with Gasteiger partial charge in [0.25, 0.3) is 0 Å². The van der Waals surface area contributed by atoms with E-state index in [9.17, 15) is 27.1 Å². The Hall–Kier alpha value is -3.33. The highest BCUT2D eigenvalue weighted by atomic mass is 19.2. The molecule has 0 bridgehead atoms. The Bertz CT molecular complexity index is 1230. The van der Waals surface area contributed by atoms with Crippen molar-refractivity contribution in [1.82, 2.24) is 4.90 Å². The van der Waals surface area contributed by atoms with Gasteiger partial charge in [-0.2, -0.15) is 0 Å². The monoisotopic (exact) mass is 505 g/mol. The molecule has 2 aliphatic heterocycles. The van der Waals surface area contributed by atoms with Crippen molar-refractivity contribution in [3.63, 3.8) is 0 Å². The summed E-state index contributed by atoms with van der Waals surface area (Å²) in [7, 11) is 0. The summed E-state index contributed by atoms with van der Waals surface area (Å²) >= 11 is 0. The van der Waals surface area contributed by atoms with Gasteiger partial charge in [-0.3, -0.25) is 4.90 Å². The van der Waals surface area contributed by atoms with E-state index in [-0.39, 0.29) is 18.1 Å². The number of hydrogen-bond donors (Lipinski definition) is 1. The first-order valence-electron chi connectivity index (χ1n) is 11.8. The van der Waals surface area contributed by atoms with Crippen LogP contribution in [0.4, 0.5) is 22.0 Å². The number of ether oxygens (including phenoxy) is 2. The van der Waals surface area contributed by atoms with Crippen molar-refractivity contribution in [2.45, 2.75) is 24.7 Å². The molecule has 1 N–H and O–H groups in total. The van der Waals surface area contributed by atoms with Gasteiger partial charge in [0.1, 0.15) is 23.9 Å². The summed E-state index contributed by atoms with van der Waals surface area (Å²) in [4.78, 5) is 2.32. The minimum absolute atomic E-state index is 0.0797. The summed E-state index contributed by atoms with van der Waals surface area (Å²) in [5.74, 6) is -11.2. The molecule has 2 heterocycles. The highest BCUT2D eigenvalue weighted by Crippen LogP contribution is 2.48. The smallest absolute Gasteiger partial charge is 0.200 e. The van der Waals surface area contributed by atoms with Gasteiger partial charge >= 0.3 is 0 Å². The number of fused-ring (bicyclic) bond motifs is 1. The first-order chi connectivity index (χ1) is 17.3. The van der Waals surface area contributed by atoms with Crippen LogP contribution in [0, 0.1) is 29.1 Å². The third kappa shape index (κ3) is 4.48. The number of rotatable bonds is 6. The van der Waals surface area contributed by atoms with Crippen molar-refractivity contribution in [1.29, 1.82) is 0 Å². The van der Waals surface area contributed by atoms with Gasteiger partial charge in [0.2, 0.25) is 5.82 Å². The predicted molar refractivity (Wildman–Crippen MR) is 122 cm³/mol. The van der Waals surface area contributed by atoms with Crippen LogP contribution in [0.1, 0.15) is 41.4 Å². The zero-order chi connectivity index (χ0) is 25.4. The van der Waals surface area contributed by atoms with Crippen LogP contribution in [0.2, 0.25) is 0 Å². The van der Waals surface area contributed by atoms with Gasteiger partial charge in [-0.05, 0) is 49.7 Å². The molecule has 2 aliphatic rings. The molecular weight excluding hydrogens is 481 g/mol. The molecule has 0 amide bonds. The molecule has 2 atom stereocenters. The lowest BCUT2D eigenvalue weighted by Crippen LogP contribution is -2.28. The Kier molecular flexibility index (Phi) is 6.75. The molecule has 0 spiro atoms. The van der Waals surface area contributed by atoms with Crippen LogP contribution in [0.5, 0.6) is 17.2 Å². The Labute approximate surface area is 204 Å². The summed E-state index contributed by atoms with van der Waals surface area (Å²) in [5.41, 5.74) is 0.0998. The molecule has 0 aromatic heterocycles. The molecule has 0 aliphatic carbocycles. The topological polar surface area (TPSA) is 41.9 Å². The Balaban J connectivity index is 1.49. The molecule has 3 aromatic rings. The number of hydrogen-bond acceptors (Lipinski definition) is 4. The molecule has 1 fully saturated rings. The fourth-order valence-electron chi connectivity index (χ4n) is 5.08. The first-order valence-corrected chi connectivity index (χ1v) is 11.8. The fraction of sp³-hybridized carbons (Fsp3) is 0.333. The number of phenols is 1. The third-order valence-corrected chi connectivity index (χ3v) is 6.88. The number of halogens is 5. The van der Waals surface area contributed by atoms with E-state index in [0.29, 0.717) is 23.5 Å². The van der Waals surface area contributed by atoms with Crippen molar-refractivity contribution >= 4 is 0 Å². The van der Waals surface area contributed by atoms with Crippen LogP contribution in [0.15, 0.2) is 42.5 Å². The summed E-state index contributed by atoms with van der Waals surface area (Å²) in [6.07, 6.45) is 2.37. The van der Waals surface area contributed by atoms with Crippen LogP contribution in [0.25, 0.3) is 0 Å². The number of phenolic OH excluding ortho intramolecular Hbond substituents is 1. The maximum atomic E-state index is 14.8. The lowest BCUT2D eigenvalue weighted by atomic mass is 9.75. The standard InChI is InChI=1S/C27H24F5NO3/c28-23-22(24(29)26(31)27(32)25(23)30)19-14-36-20-13-16(34)5-8-18(20)21(19)15-3-6-17(7-4-15)35-12-11-33-9-1-2-10-33/h3-8,13,19,21,34H,1-2,9-12,14H2/t19-,21-/m0/s1. The second-order valence-corrected chi connectivity index (χ2v) is 9.07. The number of nitrogens with zero attached hydrogens (tertiary/aromatic N) is 1. The SMILES string of the molecule is Oc1ccc2c(c1)OC[C@H](c1c(F)c(F)c(F)c(F)c1F)[C@H]2c1ccc(OCCN2CCCC2)cc1. The van der Waals surface area contributed by atoms with Gasteiger partial charge in [0, 0.05) is 35.6 Å². The number of aromatic hydroxyl groups is 1. The van der Waals surface area contributed by atoms with Crippen molar-refractivity contribution in [2.24, 2.45) is 0 Å². The number of benzene rings is 3. The quantitative estimate of drug-likeness (QED) is 0.259. The zero-order valence-corrected chi connectivity index (χ0v) is 19.2. The average molecular weight is 505 g/mol. The Morgan fingerprint density at radius 2 is 1.50 bits per heavy atom. The molecule has 0 saturated carbocycles. The van der Waals surface area contributed by atoms with E-state index in [4.69, 9.17) is 9.47 Å². The van der Waals surface area contributed by atoms with Gasteiger partial charge < -0.3 is 14.6 Å². The molecule has 3 aromatic carbocycles.